The Bertz CT molecular complexity index is 645. The molecular weight excluding hydrogens is 360 g/mol. The molecule has 0 radical (unpaired) electrons. The van der Waals surface area contributed by atoms with Crippen molar-refractivity contribution in [1.82, 2.24) is 5.32 Å². The van der Waals surface area contributed by atoms with Crippen LogP contribution in [0.5, 0.6) is 0 Å². The van der Waals surface area contributed by atoms with Crippen molar-refractivity contribution in [3.05, 3.63) is 29.8 Å². The number of rotatable bonds is 7. The van der Waals surface area contributed by atoms with E-state index in [0.717, 1.165) is 6.92 Å². The molecule has 152 valence electrons. The van der Waals surface area contributed by atoms with Crippen LogP contribution in [0.15, 0.2) is 24.3 Å². The Morgan fingerprint density at radius 2 is 1.78 bits per heavy atom. The van der Waals surface area contributed by atoms with Crippen molar-refractivity contribution in [2.75, 3.05) is 11.9 Å². The minimum atomic E-state index is -3.55. The van der Waals surface area contributed by atoms with Gasteiger partial charge in [0.1, 0.15) is 11.7 Å². The fourth-order valence-corrected chi connectivity index (χ4v) is 2.19. The molecule has 0 aromatic heterocycles. The minimum Gasteiger partial charge on any atom is -0.444 e. The number of hydrogen-bond acceptors (Lipinski definition) is 5. The molecule has 0 fully saturated rings. The summed E-state index contributed by atoms with van der Waals surface area (Å²) in [6.45, 7) is 5.34. The van der Waals surface area contributed by atoms with Gasteiger partial charge in [0.2, 0.25) is 5.91 Å². The highest BCUT2D eigenvalue weighted by Gasteiger charge is 2.42. The van der Waals surface area contributed by atoms with Crippen LogP contribution in [0.2, 0.25) is 0 Å². The van der Waals surface area contributed by atoms with Crippen LogP contribution in [-0.4, -0.2) is 47.3 Å². The summed E-state index contributed by atoms with van der Waals surface area (Å²) >= 11 is 0. The van der Waals surface area contributed by atoms with Crippen LogP contribution >= 0.6 is 0 Å². The summed E-state index contributed by atoms with van der Waals surface area (Å²) < 4.78 is 32.9. The van der Waals surface area contributed by atoms with Gasteiger partial charge in [-0.05, 0) is 44.9 Å². The Morgan fingerprint density at radius 3 is 2.26 bits per heavy atom. The number of halogens is 2. The average molecular weight is 387 g/mol. The lowest BCUT2D eigenvalue weighted by molar-refractivity contribution is -0.130. The number of amides is 2. The van der Waals surface area contributed by atoms with E-state index in [1.165, 1.54) is 0 Å². The molecule has 1 rings (SSSR count). The van der Waals surface area contributed by atoms with Crippen molar-refractivity contribution in [3.63, 3.8) is 0 Å². The lowest BCUT2D eigenvalue weighted by atomic mass is 9.97. The number of aliphatic hydroxyl groups excluding tert-OH is 1. The van der Waals surface area contributed by atoms with Crippen LogP contribution < -0.4 is 16.4 Å². The number of anilines is 1. The number of carbonyl (C=O) groups excluding carboxylic acids is 2. The predicted octanol–water partition coefficient (Wildman–Crippen LogP) is 2.04. The zero-order chi connectivity index (χ0) is 20.8. The molecule has 5 N–H and O–H groups in total. The second-order valence-corrected chi connectivity index (χ2v) is 7.31. The van der Waals surface area contributed by atoms with E-state index in [1.807, 2.05) is 5.32 Å². The number of alkyl halides is 2. The van der Waals surface area contributed by atoms with Gasteiger partial charge in [0.15, 0.2) is 0 Å². The first-order chi connectivity index (χ1) is 12.3. The zero-order valence-electron chi connectivity index (χ0n) is 15.9. The quantitative estimate of drug-likeness (QED) is 0.572. The lowest BCUT2D eigenvalue weighted by Crippen LogP contribution is -2.53. The van der Waals surface area contributed by atoms with Gasteiger partial charge in [-0.2, -0.15) is 0 Å². The number of benzene rings is 1. The first-order valence-corrected chi connectivity index (χ1v) is 8.45. The fraction of sp³-hybridized carbons (Fsp3) is 0.556. The average Bonchev–Trinajstić information content (AvgIpc) is 2.52. The van der Waals surface area contributed by atoms with Gasteiger partial charge in [-0.1, -0.05) is 12.1 Å². The Balaban J connectivity index is 2.63. The highest BCUT2D eigenvalue weighted by molar-refractivity contribution is 5.84. The van der Waals surface area contributed by atoms with Gasteiger partial charge >= 0.3 is 6.09 Å². The molecule has 0 spiro atoms. The maximum atomic E-state index is 13.9. The third kappa shape index (κ3) is 8.31. The topological polar surface area (TPSA) is 114 Å². The van der Waals surface area contributed by atoms with Gasteiger partial charge in [-0.3, -0.25) is 10.1 Å². The fourth-order valence-electron chi connectivity index (χ4n) is 2.19. The molecular formula is C18H27F2N3O4. The second kappa shape index (κ2) is 9.09. The molecule has 2 unspecified atom stereocenters. The van der Waals surface area contributed by atoms with E-state index in [9.17, 15) is 23.5 Å². The number of ether oxygens (including phenoxy) is 1. The van der Waals surface area contributed by atoms with Crippen LogP contribution in [0.25, 0.3) is 0 Å². The molecule has 0 bridgehead atoms. The predicted molar refractivity (Wildman–Crippen MR) is 97.6 cm³/mol. The molecule has 2 amide bonds. The third-order valence-electron chi connectivity index (χ3n) is 3.48. The molecule has 0 saturated heterocycles. The molecule has 27 heavy (non-hydrogen) atoms. The van der Waals surface area contributed by atoms with Gasteiger partial charge < -0.3 is 20.9 Å². The largest absolute Gasteiger partial charge is 0.444 e. The van der Waals surface area contributed by atoms with Crippen molar-refractivity contribution in [2.45, 2.75) is 57.8 Å². The third-order valence-corrected chi connectivity index (χ3v) is 3.48. The summed E-state index contributed by atoms with van der Waals surface area (Å²) in [5.74, 6) is -4.17. The zero-order valence-corrected chi connectivity index (χ0v) is 15.9. The van der Waals surface area contributed by atoms with Gasteiger partial charge in [0, 0.05) is 18.7 Å². The van der Waals surface area contributed by atoms with Crippen molar-refractivity contribution in [2.24, 2.45) is 5.73 Å². The Morgan fingerprint density at radius 1 is 1.22 bits per heavy atom. The molecule has 9 heteroatoms. The summed E-state index contributed by atoms with van der Waals surface area (Å²) in [4.78, 5) is 22.5. The van der Waals surface area contributed by atoms with Crippen molar-refractivity contribution >= 4 is 17.7 Å². The van der Waals surface area contributed by atoms with Gasteiger partial charge in [-0.15, -0.1) is 0 Å². The normalized spacial score (nSPS) is 14.2. The maximum Gasteiger partial charge on any atom is 0.412 e. The smallest absolute Gasteiger partial charge is 0.412 e. The van der Waals surface area contributed by atoms with Gasteiger partial charge in [-0.25, -0.2) is 13.6 Å². The van der Waals surface area contributed by atoms with Crippen LogP contribution in [0.4, 0.5) is 19.3 Å². The summed E-state index contributed by atoms with van der Waals surface area (Å²) in [6, 6.07) is 5.12. The van der Waals surface area contributed by atoms with E-state index < -0.39 is 42.2 Å². The molecule has 0 heterocycles. The SMILES string of the molecule is CC(=O)NCC(F)(F)C(O)C(N)Cc1ccc(NC(=O)OC(C)(C)C)cc1. The van der Waals surface area contributed by atoms with Crippen molar-refractivity contribution in [3.8, 4) is 0 Å². The molecule has 7 nitrogen and oxygen atoms in total. The first-order valence-electron chi connectivity index (χ1n) is 8.45. The molecule has 1 aromatic rings. The van der Waals surface area contributed by atoms with Gasteiger partial charge in [0.25, 0.3) is 5.92 Å². The summed E-state index contributed by atoms with van der Waals surface area (Å²) in [5.41, 5.74) is 6.14. The maximum absolute atomic E-state index is 13.9. The highest BCUT2D eigenvalue weighted by Crippen LogP contribution is 2.22. The van der Waals surface area contributed by atoms with E-state index in [1.54, 1.807) is 45.0 Å². The van der Waals surface area contributed by atoms with Crippen molar-refractivity contribution < 1.29 is 28.2 Å². The number of carbonyl (C=O) groups is 2. The molecule has 0 aliphatic carbocycles. The summed E-state index contributed by atoms with van der Waals surface area (Å²) in [5, 5.41) is 14.3. The van der Waals surface area contributed by atoms with Gasteiger partial charge in [0.05, 0.1) is 6.54 Å². The Hall–Kier alpha value is -2.26. The number of hydrogen-bond donors (Lipinski definition) is 4. The highest BCUT2D eigenvalue weighted by atomic mass is 19.3. The van der Waals surface area contributed by atoms with E-state index in [0.29, 0.717) is 11.3 Å². The standard InChI is InChI=1S/C18H27F2N3O4/c1-11(24)22-10-18(19,20)15(25)14(21)9-12-5-7-13(8-6-12)23-16(26)27-17(2,3)4/h5-8,14-15,25H,9-10,21H2,1-4H3,(H,22,24)(H,23,26). The van der Waals surface area contributed by atoms with Crippen LogP contribution in [0.3, 0.4) is 0 Å². The van der Waals surface area contributed by atoms with E-state index in [4.69, 9.17) is 10.5 Å². The second-order valence-electron chi connectivity index (χ2n) is 7.31. The first kappa shape index (κ1) is 22.8. The number of nitrogens with one attached hydrogen (secondary N) is 2. The van der Waals surface area contributed by atoms with Crippen LogP contribution in [0, 0.1) is 0 Å². The summed E-state index contributed by atoms with van der Waals surface area (Å²) in [7, 11) is 0. The monoisotopic (exact) mass is 387 g/mol. The molecule has 1 aromatic carbocycles. The number of aliphatic hydroxyl groups is 1. The van der Waals surface area contributed by atoms with E-state index in [-0.39, 0.29) is 6.42 Å². The molecule has 0 saturated carbocycles. The van der Waals surface area contributed by atoms with Crippen LogP contribution in [0.1, 0.15) is 33.3 Å². The number of nitrogens with two attached hydrogens (primary N) is 1. The van der Waals surface area contributed by atoms with E-state index >= 15 is 0 Å². The van der Waals surface area contributed by atoms with E-state index in [2.05, 4.69) is 5.32 Å². The summed E-state index contributed by atoms with van der Waals surface area (Å²) in [6.07, 6.45) is -2.74. The lowest BCUT2D eigenvalue weighted by Gasteiger charge is -2.27. The Labute approximate surface area is 157 Å². The van der Waals surface area contributed by atoms with Crippen molar-refractivity contribution in [1.29, 1.82) is 0 Å². The molecule has 2 atom stereocenters. The minimum absolute atomic E-state index is 0.0104. The molecule has 0 aliphatic rings. The van der Waals surface area contributed by atoms with Crippen LogP contribution in [-0.2, 0) is 16.0 Å². The molecule has 0 aliphatic heterocycles. The Kier molecular flexibility index (Phi) is 7.67.